The van der Waals surface area contributed by atoms with E-state index in [2.05, 4.69) is 31.9 Å². The molecule has 9 atom stereocenters. The maximum absolute atomic E-state index is 13.5. The first-order valence-electron chi connectivity index (χ1n) is 16.1. The van der Waals surface area contributed by atoms with Crippen LogP contribution in [0.3, 0.4) is 0 Å². The average molecular weight is 720 g/mol. The number of carbonyl (C=O) groups is 8. The van der Waals surface area contributed by atoms with Crippen molar-refractivity contribution in [3.63, 3.8) is 0 Å². The van der Waals surface area contributed by atoms with Gasteiger partial charge in [0.15, 0.2) is 0 Å². The number of rotatable bonds is 23. The molecule has 0 rings (SSSR count). The Balaban J connectivity index is 6.03. The minimum absolute atomic E-state index is 0.0120. The number of nitrogens with two attached hydrogens (primary N) is 1. The lowest BCUT2D eigenvalue weighted by molar-refractivity contribution is -0.144. The van der Waals surface area contributed by atoms with Crippen molar-refractivity contribution < 1.29 is 63.9 Å². The van der Waals surface area contributed by atoms with E-state index in [1.54, 1.807) is 27.7 Å². The summed E-state index contributed by atoms with van der Waals surface area (Å²) in [6.07, 6.45) is -1.95. The fourth-order valence-corrected chi connectivity index (χ4v) is 4.27. The first kappa shape index (κ1) is 45.6. The Labute approximate surface area is 289 Å². The standard InChI is InChI=1S/C30H53N7O13/c1-7-14(4)23(29(48)36-20(12-39)30(49)50)37-26(45)18(10-13(2)3)34-25(44)17(8-9-21(41)42)33-27(46)19(11-38)35-24(43)15(5)32-28(47)22(31)16(6)40/h13-20,22-23,38-40H,7-12,31H2,1-6H3,(H,32,47)(H,33,46)(H,34,44)(H,35,43)(H,36,48)(H,37,45)(H,41,42)(H,49,50)/t14-,15-,16+,17-,18-,19-,20-,22-,23-/m0/s1. The summed E-state index contributed by atoms with van der Waals surface area (Å²) in [6, 6.07) is -10.2. The molecule has 0 unspecified atom stereocenters. The number of aliphatic hydroxyl groups excluding tert-OH is 3. The van der Waals surface area contributed by atoms with Crippen LogP contribution in [0.15, 0.2) is 0 Å². The third kappa shape index (κ3) is 15.9. The second-order valence-corrected chi connectivity index (χ2v) is 12.4. The highest BCUT2D eigenvalue weighted by Gasteiger charge is 2.35. The molecule has 0 fully saturated rings. The molecule has 20 nitrogen and oxygen atoms in total. The molecule has 0 aliphatic heterocycles. The summed E-state index contributed by atoms with van der Waals surface area (Å²) in [5.74, 6) is -9.25. The number of amides is 6. The SMILES string of the molecule is CC[C@H](C)[C@H](NC(=O)[C@H](CC(C)C)NC(=O)[C@H](CCC(=O)O)NC(=O)[C@H](CO)NC(=O)[C@H](C)NC(=O)[C@@H](N)[C@@H](C)O)C(=O)N[C@@H](CO)C(=O)O. The van der Waals surface area contributed by atoms with Crippen LogP contribution in [-0.2, 0) is 38.4 Å². The molecule has 0 spiro atoms. The molecule has 50 heavy (non-hydrogen) atoms. The van der Waals surface area contributed by atoms with Crippen LogP contribution >= 0.6 is 0 Å². The van der Waals surface area contributed by atoms with Crippen molar-refractivity contribution in [1.29, 1.82) is 0 Å². The first-order chi connectivity index (χ1) is 23.2. The highest BCUT2D eigenvalue weighted by Crippen LogP contribution is 2.12. The number of hydrogen-bond acceptors (Lipinski definition) is 12. The zero-order valence-corrected chi connectivity index (χ0v) is 29.1. The van der Waals surface area contributed by atoms with E-state index >= 15 is 0 Å². The predicted octanol–water partition coefficient (Wildman–Crippen LogP) is -4.35. The van der Waals surface area contributed by atoms with Gasteiger partial charge < -0.3 is 63.2 Å². The lowest BCUT2D eigenvalue weighted by atomic mass is 9.96. The molecule has 0 bridgehead atoms. The zero-order chi connectivity index (χ0) is 38.9. The molecule has 0 heterocycles. The van der Waals surface area contributed by atoms with E-state index in [9.17, 15) is 63.9 Å². The van der Waals surface area contributed by atoms with E-state index in [-0.39, 0.29) is 12.3 Å². The van der Waals surface area contributed by atoms with Gasteiger partial charge in [-0.2, -0.15) is 0 Å². The van der Waals surface area contributed by atoms with Crippen LogP contribution in [0.5, 0.6) is 0 Å². The minimum Gasteiger partial charge on any atom is -0.481 e. The highest BCUT2D eigenvalue weighted by atomic mass is 16.4. The van der Waals surface area contributed by atoms with E-state index in [1.165, 1.54) is 13.8 Å². The van der Waals surface area contributed by atoms with Crippen LogP contribution in [0.1, 0.15) is 67.2 Å². The quantitative estimate of drug-likeness (QED) is 0.0475. The van der Waals surface area contributed by atoms with Crippen molar-refractivity contribution in [2.75, 3.05) is 13.2 Å². The van der Waals surface area contributed by atoms with Crippen LogP contribution < -0.4 is 37.6 Å². The van der Waals surface area contributed by atoms with Gasteiger partial charge in [0, 0.05) is 6.42 Å². The van der Waals surface area contributed by atoms with Crippen molar-refractivity contribution in [3.8, 4) is 0 Å². The van der Waals surface area contributed by atoms with Crippen molar-refractivity contribution in [2.45, 2.75) is 116 Å². The number of carboxylic acids is 2. The van der Waals surface area contributed by atoms with Crippen molar-refractivity contribution >= 4 is 47.4 Å². The number of carboxylic acid groups (broad SMARTS) is 2. The first-order valence-corrected chi connectivity index (χ1v) is 16.1. The second-order valence-electron chi connectivity index (χ2n) is 12.4. The van der Waals surface area contributed by atoms with Gasteiger partial charge >= 0.3 is 11.9 Å². The van der Waals surface area contributed by atoms with Gasteiger partial charge in [-0.25, -0.2) is 4.79 Å². The van der Waals surface area contributed by atoms with Gasteiger partial charge in [-0.15, -0.1) is 0 Å². The Hall–Kier alpha value is -4.40. The monoisotopic (exact) mass is 719 g/mol. The smallest absolute Gasteiger partial charge is 0.328 e. The highest BCUT2D eigenvalue weighted by molar-refractivity contribution is 5.97. The number of aliphatic hydroxyl groups is 3. The second kappa shape index (κ2) is 22.3. The van der Waals surface area contributed by atoms with Gasteiger partial charge in [-0.1, -0.05) is 34.1 Å². The molecule has 0 aromatic rings. The Morgan fingerprint density at radius 1 is 0.620 bits per heavy atom. The van der Waals surface area contributed by atoms with Gasteiger partial charge in [0.1, 0.15) is 42.3 Å². The molecule has 286 valence electrons. The van der Waals surface area contributed by atoms with E-state index < -0.39 is 128 Å². The van der Waals surface area contributed by atoms with Gasteiger partial charge in [0.2, 0.25) is 35.4 Å². The fraction of sp³-hybridized carbons (Fsp3) is 0.733. The van der Waals surface area contributed by atoms with Crippen molar-refractivity contribution in [1.82, 2.24) is 31.9 Å². The summed E-state index contributed by atoms with van der Waals surface area (Å²) in [5, 5.41) is 60.8. The van der Waals surface area contributed by atoms with Gasteiger partial charge in [-0.3, -0.25) is 33.6 Å². The van der Waals surface area contributed by atoms with Crippen molar-refractivity contribution in [3.05, 3.63) is 0 Å². The largest absolute Gasteiger partial charge is 0.481 e. The molecule has 0 aromatic heterocycles. The molecule has 0 saturated carbocycles. The summed E-state index contributed by atoms with van der Waals surface area (Å²) >= 11 is 0. The Kier molecular flexibility index (Phi) is 20.4. The topological polar surface area (TPSA) is 336 Å². The summed E-state index contributed by atoms with van der Waals surface area (Å²) < 4.78 is 0. The summed E-state index contributed by atoms with van der Waals surface area (Å²) in [5.41, 5.74) is 5.54. The third-order valence-corrected chi connectivity index (χ3v) is 7.60. The third-order valence-electron chi connectivity index (χ3n) is 7.60. The van der Waals surface area contributed by atoms with E-state index in [0.717, 1.165) is 0 Å². The molecule has 0 aromatic carbocycles. The van der Waals surface area contributed by atoms with Crippen LogP contribution in [0, 0.1) is 11.8 Å². The van der Waals surface area contributed by atoms with Crippen LogP contribution in [0.25, 0.3) is 0 Å². The lowest BCUT2D eigenvalue weighted by Crippen LogP contribution is -2.61. The molecule has 20 heteroatoms. The molecular formula is C30H53N7O13. The number of aliphatic carboxylic acids is 2. The Bertz CT molecular complexity index is 1200. The summed E-state index contributed by atoms with van der Waals surface area (Å²) in [7, 11) is 0. The molecule has 0 radical (unpaired) electrons. The number of nitrogens with one attached hydrogen (secondary N) is 6. The molecule has 0 aliphatic rings. The van der Waals surface area contributed by atoms with Crippen LogP contribution in [0.4, 0.5) is 0 Å². The van der Waals surface area contributed by atoms with Crippen LogP contribution in [0.2, 0.25) is 0 Å². The normalized spacial score (nSPS) is 16.5. The zero-order valence-electron chi connectivity index (χ0n) is 29.1. The lowest BCUT2D eigenvalue weighted by Gasteiger charge is -2.29. The Morgan fingerprint density at radius 2 is 1.10 bits per heavy atom. The minimum atomic E-state index is -1.68. The number of carbonyl (C=O) groups excluding carboxylic acids is 6. The van der Waals surface area contributed by atoms with Crippen molar-refractivity contribution in [2.24, 2.45) is 17.6 Å². The molecule has 13 N–H and O–H groups in total. The average Bonchev–Trinajstić information content (AvgIpc) is 3.04. The molecule has 0 saturated heterocycles. The maximum atomic E-state index is 13.5. The van der Waals surface area contributed by atoms with Gasteiger partial charge in [-0.05, 0) is 38.5 Å². The Morgan fingerprint density at radius 3 is 1.56 bits per heavy atom. The predicted molar refractivity (Wildman–Crippen MR) is 175 cm³/mol. The van der Waals surface area contributed by atoms with Gasteiger partial charge in [0.05, 0.1) is 19.3 Å². The van der Waals surface area contributed by atoms with Gasteiger partial charge in [0.25, 0.3) is 0 Å². The molecule has 6 amide bonds. The van der Waals surface area contributed by atoms with E-state index in [4.69, 9.17) is 5.73 Å². The summed E-state index contributed by atoms with van der Waals surface area (Å²) in [4.78, 5) is 100. The van der Waals surface area contributed by atoms with E-state index in [0.29, 0.717) is 6.42 Å². The van der Waals surface area contributed by atoms with Crippen LogP contribution in [-0.4, -0.2) is 135 Å². The molecular weight excluding hydrogens is 666 g/mol. The molecule has 0 aliphatic carbocycles. The fourth-order valence-electron chi connectivity index (χ4n) is 4.27. The van der Waals surface area contributed by atoms with E-state index in [1.807, 2.05) is 0 Å². The number of hydrogen-bond donors (Lipinski definition) is 12. The summed E-state index contributed by atoms with van der Waals surface area (Å²) in [6.45, 7) is 7.39. The maximum Gasteiger partial charge on any atom is 0.328 e.